The molecule has 0 amide bonds. The molecular formula is C26H20FN5. The Kier molecular flexibility index (Phi) is 4.51. The van der Waals surface area contributed by atoms with E-state index in [4.69, 9.17) is 0 Å². The first-order valence-electron chi connectivity index (χ1n) is 10.7. The lowest BCUT2D eigenvalue weighted by Gasteiger charge is -2.15. The summed E-state index contributed by atoms with van der Waals surface area (Å²) in [7, 11) is 0. The maximum absolute atomic E-state index is 13.4. The molecule has 0 atom stereocenters. The van der Waals surface area contributed by atoms with Crippen molar-refractivity contribution in [2.24, 2.45) is 0 Å². The number of hydrogen-bond donors (Lipinski definition) is 2. The van der Waals surface area contributed by atoms with Crippen molar-refractivity contribution in [2.75, 3.05) is 13.1 Å². The topological polar surface area (TPSA) is 66.5 Å². The van der Waals surface area contributed by atoms with Crippen molar-refractivity contribution in [2.45, 2.75) is 6.42 Å². The zero-order valence-electron chi connectivity index (χ0n) is 17.3. The Bertz CT molecular complexity index is 1480. The second-order valence-electron chi connectivity index (χ2n) is 7.95. The van der Waals surface area contributed by atoms with Gasteiger partial charge >= 0.3 is 0 Å². The molecule has 2 N–H and O–H groups in total. The van der Waals surface area contributed by atoms with Crippen LogP contribution in [0.25, 0.3) is 50.0 Å². The van der Waals surface area contributed by atoms with Gasteiger partial charge in [0.25, 0.3) is 0 Å². The zero-order chi connectivity index (χ0) is 21.5. The Labute approximate surface area is 184 Å². The van der Waals surface area contributed by atoms with Crippen molar-refractivity contribution in [3.63, 3.8) is 0 Å². The van der Waals surface area contributed by atoms with E-state index in [1.807, 2.05) is 6.07 Å². The number of halogens is 1. The summed E-state index contributed by atoms with van der Waals surface area (Å²) in [5.41, 5.74) is 7.86. The van der Waals surface area contributed by atoms with Gasteiger partial charge in [-0.25, -0.2) is 14.4 Å². The fourth-order valence-electron chi connectivity index (χ4n) is 4.37. The van der Waals surface area contributed by atoms with Crippen molar-refractivity contribution in [3.8, 4) is 22.6 Å². The summed E-state index contributed by atoms with van der Waals surface area (Å²) in [4.78, 5) is 17.2. The molecule has 32 heavy (non-hydrogen) atoms. The third kappa shape index (κ3) is 3.25. The van der Waals surface area contributed by atoms with Crippen LogP contribution in [-0.2, 0) is 0 Å². The molecule has 0 unspecified atom stereocenters. The van der Waals surface area contributed by atoms with Crippen LogP contribution in [0.15, 0.2) is 73.2 Å². The van der Waals surface area contributed by atoms with E-state index in [1.165, 1.54) is 23.3 Å². The molecule has 0 bridgehead atoms. The fraction of sp³-hybridized carbons (Fsp3) is 0.115. The second-order valence-corrected chi connectivity index (χ2v) is 7.95. The van der Waals surface area contributed by atoms with Gasteiger partial charge in [-0.15, -0.1) is 0 Å². The normalized spacial score (nSPS) is 14.1. The number of aromatic amines is 1. The van der Waals surface area contributed by atoms with E-state index in [0.29, 0.717) is 0 Å². The summed E-state index contributed by atoms with van der Waals surface area (Å²) in [6.07, 6.45) is 6.62. The lowest BCUT2D eigenvalue weighted by Crippen LogP contribution is -2.19. The first-order valence-corrected chi connectivity index (χ1v) is 10.7. The third-order valence-corrected chi connectivity index (χ3v) is 5.99. The average molecular weight is 421 g/mol. The predicted octanol–water partition coefficient (Wildman–Crippen LogP) is 5.36. The van der Waals surface area contributed by atoms with E-state index in [9.17, 15) is 4.39 Å². The van der Waals surface area contributed by atoms with Gasteiger partial charge < -0.3 is 10.3 Å². The van der Waals surface area contributed by atoms with E-state index in [0.717, 1.165) is 64.0 Å². The maximum atomic E-state index is 13.4. The van der Waals surface area contributed by atoms with Gasteiger partial charge in [0.05, 0.1) is 22.6 Å². The summed E-state index contributed by atoms with van der Waals surface area (Å²) >= 11 is 0. The van der Waals surface area contributed by atoms with Crippen LogP contribution >= 0.6 is 0 Å². The van der Waals surface area contributed by atoms with Gasteiger partial charge in [0.2, 0.25) is 0 Å². The minimum atomic E-state index is -0.261. The van der Waals surface area contributed by atoms with Gasteiger partial charge in [-0.05, 0) is 72.6 Å². The van der Waals surface area contributed by atoms with Crippen molar-refractivity contribution in [1.82, 2.24) is 25.3 Å². The first kappa shape index (κ1) is 18.8. The molecule has 6 heteroatoms. The molecule has 1 aliphatic heterocycles. The molecule has 0 fully saturated rings. The summed E-state index contributed by atoms with van der Waals surface area (Å²) in [5.74, 6) is -0.261. The number of hydrogen-bond acceptors (Lipinski definition) is 4. The van der Waals surface area contributed by atoms with Crippen LogP contribution in [0.5, 0.6) is 0 Å². The average Bonchev–Trinajstić information content (AvgIpc) is 3.29. The van der Waals surface area contributed by atoms with Crippen molar-refractivity contribution in [3.05, 3.63) is 84.6 Å². The van der Waals surface area contributed by atoms with E-state index in [2.05, 4.69) is 55.6 Å². The van der Waals surface area contributed by atoms with Crippen LogP contribution in [0, 0.1) is 5.82 Å². The highest BCUT2D eigenvalue weighted by atomic mass is 19.1. The Morgan fingerprint density at radius 1 is 0.812 bits per heavy atom. The Morgan fingerprint density at radius 3 is 2.53 bits per heavy atom. The van der Waals surface area contributed by atoms with Crippen LogP contribution in [0.2, 0.25) is 0 Å². The first-order chi connectivity index (χ1) is 15.8. The number of pyridine rings is 1. The molecule has 5 nitrogen and oxygen atoms in total. The van der Waals surface area contributed by atoms with Crippen molar-refractivity contribution < 1.29 is 4.39 Å². The largest absolute Gasteiger partial charge is 0.353 e. The molecule has 0 spiro atoms. The fourth-order valence-corrected chi connectivity index (χ4v) is 4.37. The summed E-state index contributed by atoms with van der Waals surface area (Å²) in [6, 6.07) is 16.8. The minimum Gasteiger partial charge on any atom is -0.353 e. The number of fused-ring (bicyclic) bond motifs is 2. The highest BCUT2D eigenvalue weighted by Crippen LogP contribution is 2.33. The van der Waals surface area contributed by atoms with Gasteiger partial charge in [0.1, 0.15) is 12.1 Å². The van der Waals surface area contributed by atoms with Crippen LogP contribution in [0.3, 0.4) is 0 Å². The third-order valence-electron chi connectivity index (χ3n) is 5.99. The molecule has 156 valence electrons. The highest BCUT2D eigenvalue weighted by molar-refractivity contribution is 6.00. The summed E-state index contributed by atoms with van der Waals surface area (Å²) < 4.78 is 13.4. The Balaban J connectivity index is 1.51. The van der Waals surface area contributed by atoms with E-state index in [-0.39, 0.29) is 5.82 Å². The molecule has 6 rings (SSSR count). The molecule has 4 heterocycles. The molecule has 0 saturated heterocycles. The number of nitrogens with zero attached hydrogens (tertiary/aromatic N) is 3. The van der Waals surface area contributed by atoms with E-state index in [1.54, 1.807) is 24.7 Å². The van der Waals surface area contributed by atoms with E-state index < -0.39 is 0 Å². The standard InChI is InChI=1S/C26H20FN5/c27-19-4-1-17(2-5-19)25-21-14-24(32-23(21)9-12-29-25)26-20-13-18(16-7-10-28-11-8-16)3-6-22(20)30-15-31-26/h1-7,9,12-15,28,32H,8,10-11H2. The molecule has 5 aromatic rings. The number of rotatable bonds is 3. The van der Waals surface area contributed by atoms with Gasteiger partial charge in [-0.2, -0.15) is 0 Å². The predicted molar refractivity (Wildman–Crippen MR) is 125 cm³/mol. The minimum absolute atomic E-state index is 0.261. The van der Waals surface area contributed by atoms with Crippen LogP contribution in [0.1, 0.15) is 12.0 Å². The van der Waals surface area contributed by atoms with Crippen LogP contribution in [0.4, 0.5) is 4.39 Å². The number of H-pyrrole nitrogens is 1. The van der Waals surface area contributed by atoms with E-state index >= 15 is 0 Å². The van der Waals surface area contributed by atoms with Crippen molar-refractivity contribution >= 4 is 27.4 Å². The summed E-state index contributed by atoms with van der Waals surface area (Å²) in [6.45, 7) is 1.88. The SMILES string of the molecule is Fc1ccc(-c2nccc3[nH]c(-c4ncnc5ccc(C6=CCNCC6)cc45)cc23)cc1. The second kappa shape index (κ2) is 7.66. The molecule has 2 aromatic carbocycles. The number of benzene rings is 2. The number of nitrogens with one attached hydrogen (secondary N) is 2. The van der Waals surface area contributed by atoms with Gasteiger partial charge in [0, 0.05) is 34.6 Å². The zero-order valence-corrected chi connectivity index (χ0v) is 17.3. The van der Waals surface area contributed by atoms with Gasteiger partial charge in [-0.3, -0.25) is 4.98 Å². The van der Waals surface area contributed by atoms with Crippen LogP contribution in [-0.4, -0.2) is 33.0 Å². The smallest absolute Gasteiger partial charge is 0.123 e. The Morgan fingerprint density at radius 2 is 1.69 bits per heavy atom. The quantitative estimate of drug-likeness (QED) is 0.412. The number of aromatic nitrogens is 4. The highest BCUT2D eigenvalue weighted by Gasteiger charge is 2.15. The molecule has 1 aliphatic rings. The van der Waals surface area contributed by atoms with Crippen molar-refractivity contribution in [1.29, 1.82) is 0 Å². The lowest BCUT2D eigenvalue weighted by atomic mass is 9.98. The molecule has 0 radical (unpaired) electrons. The van der Waals surface area contributed by atoms with Crippen LogP contribution < -0.4 is 5.32 Å². The molecule has 0 aliphatic carbocycles. The lowest BCUT2D eigenvalue weighted by molar-refractivity contribution is 0.628. The monoisotopic (exact) mass is 421 g/mol. The molecular weight excluding hydrogens is 401 g/mol. The Hall–Kier alpha value is -3.90. The molecule has 0 saturated carbocycles. The van der Waals surface area contributed by atoms with Gasteiger partial charge in [0.15, 0.2) is 0 Å². The molecule has 3 aromatic heterocycles. The maximum Gasteiger partial charge on any atom is 0.123 e. The summed E-state index contributed by atoms with van der Waals surface area (Å²) in [5, 5.41) is 5.34. The van der Waals surface area contributed by atoms with Gasteiger partial charge in [-0.1, -0.05) is 12.1 Å².